The molecule has 3 aliphatic rings. The third-order valence-corrected chi connectivity index (χ3v) is 9.89. The van der Waals surface area contributed by atoms with Gasteiger partial charge in [0.05, 0.1) is 10.9 Å². The monoisotopic (exact) mass is 572 g/mol. The van der Waals surface area contributed by atoms with Gasteiger partial charge in [-0.05, 0) is 115 Å². The summed E-state index contributed by atoms with van der Waals surface area (Å²) in [6.07, 6.45) is 9.45. The number of anilines is 1. The Morgan fingerprint density at radius 1 is 0.780 bits per heavy atom. The molecule has 6 rings (SSSR count). The molecule has 1 atom stereocenters. The molecule has 4 N–H and O–H groups in total. The second kappa shape index (κ2) is 11.6. The quantitative estimate of drug-likeness (QED) is 0.315. The van der Waals surface area contributed by atoms with Gasteiger partial charge in [0.2, 0.25) is 0 Å². The van der Waals surface area contributed by atoms with Crippen molar-refractivity contribution in [1.82, 2.24) is 15.4 Å². The van der Waals surface area contributed by atoms with Crippen molar-refractivity contribution in [2.24, 2.45) is 0 Å². The molecule has 0 aliphatic heterocycles. The standard InChI is InChI=1S/C32H36N4O4S/c37-31(34-29-13-5-7-22-6-1-2-10-26(22)29)33-19-18-21-14-16-25(17-15-21)41(39,40)36-32(38)35-30-27-11-3-8-23(27)20-24-9-4-12-28(24)30/h1-2,6,10,14-17,20,29H,3-5,7-9,11-13,18-19H2,(H2,33,34,37)(H2,35,36,38). The number of nitrogens with one attached hydrogen (secondary N) is 4. The highest BCUT2D eigenvalue weighted by Gasteiger charge is 2.26. The minimum atomic E-state index is -4.04. The number of amides is 4. The molecule has 0 heterocycles. The van der Waals surface area contributed by atoms with Gasteiger partial charge in [-0.15, -0.1) is 0 Å². The summed E-state index contributed by atoms with van der Waals surface area (Å²) in [4.78, 5) is 25.4. The van der Waals surface area contributed by atoms with E-state index in [-0.39, 0.29) is 17.0 Å². The Balaban J connectivity index is 1.02. The van der Waals surface area contributed by atoms with E-state index in [1.807, 2.05) is 12.1 Å². The SMILES string of the molecule is O=C(NCCc1ccc(S(=O)(=O)NC(=O)Nc2c3c(cc4c2CCC4)CCC3)cc1)NC1CCCc2ccccc21. The molecule has 1 unspecified atom stereocenters. The zero-order valence-electron chi connectivity index (χ0n) is 23.1. The highest BCUT2D eigenvalue weighted by Crippen LogP contribution is 2.38. The fourth-order valence-electron chi connectivity index (χ4n) is 6.56. The lowest BCUT2D eigenvalue weighted by Crippen LogP contribution is -2.39. The topological polar surface area (TPSA) is 116 Å². The van der Waals surface area contributed by atoms with Gasteiger partial charge in [0.1, 0.15) is 0 Å². The molecule has 9 heteroatoms. The molecule has 8 nitrogen and oxygen atoms in total. The van der Waals surface area contributed by atoms with Gasteiger partial charge in [-0.25, -0.2) is 22.7 Å². The number of urea groups is 2. The van der Waals surface area contributed by atoms with E-state index in [0.717, 1.165) is 80.2 Å². The number of benzene rings is 3. The van der Waals surface area contributed by atoms with E-state index in [1.54, 1.807) is 12.1 Å². The van der Waals surface area contributed by atoms with E-state index in [1.165, 1.54) is 34.4 Å². The molecule has 0 radical (unpaired) electrons. The van der Waals surface area contributed by atoms with Crippen molar-refractivity contribution >= 4 is 27.8 Å². The van der Waals surface area contributed by atoms with E-state index < -0.39 is 16.1 Å². The highest BCUT2D eigenvalue weighted by molar-refractivity contribution is 7.90. The Morgan fingerprint density at radius 2 is 1.46 bits per heavy atom. The van der Waals surface area contributed by atoms with Gasteiger partial charge in [0, 0.05) is 12.2 Å². The summed E-state index contributed by atoms with van der Waals surface area (Å²) >= 11 is 0. The highest BCUT2D eigenvalue weighted by atomic mass is 32.2. The fraction of sp³-hybridized carbons (Fsp3) is 0.375. The van der Waals surface area contributed by atoms with Gasteiger partial charge in [-0.1, -0.05) is 42.5 Å². The Bertz CT molecular complexity index is 1550. The average molecular weight is 573 g/mol. The van der Waals surface area contributed by atoms with E-state index >= 15 is 0 Å². The number of rotatable bonds is 7. The number of aryl methyl sites for hydroxylation is 3. The number of sulfonamides is 1. The van der Waals surface area contributed by atoms with Crippen LogP contribution in [0.5, 0.6) is 0 Å². The zero-order valence-corrected chi connectivity index (χ0v) is 23.9. The first-order chi connectivity index (χ1) is 19.9. The van der Waals surface area contributed by atoms with Gasteiger partial charge in [-0.3, -0.25) is 0 Å². The first-order valence-electron chi connectivity index (χ1n) is 14.6. The van der Waals surface area contributed by atoms with Gasteiger partial charge in [0.15, 0.2) is 0 Å². The van der Waals surface area contributed by atoms with Crippen LogP contribution >= 0.6 is 0 Å². The van der Waals surface area contributed by atoms with Crippen LogP contribution in [0.2, 0.25) is 0 Å². The van der Waals surface area contributed by atoms with Crippen LogP contribution in [0.4, 0.5) is 15.3 Å². The molecule has 4 amide bonds. The minimum absolute atomic E-state index is 0.0119. The number of hydrogen-bond acceptors (Lipinski definition) is 4. The van der Waals surface area contributed by atoms with Crippen LogP contribution < -0.4 is 20.7 Å². The number of carbonyl (C=O) groups excluding carboxylic acids is 2. The lowest BCUT2D eigenvalue weighted by molar-refractivity contribution is 0.235. The normalized spacial score (nSPS) is 17.2. The predicted octanol–water partition coefficient (Wildman–Crippen LogP) is 5.09. The maximum atomic E-state index is 13.0. The number of fused-ring (bicyclic) bond motifs is 3. The Morgan fingerprint density at radius 3 is 2.20 bits per heavy atom. The Hall–Kier alpha value is -3.85. The third-order valence-electron chi connectivity index (χ3n) is 8.55. The molecule has 3 aromatic carbocycles. The van der Waals surface area contributed by atoms with Crippen molar-refractivity contribution in [2.45, 2.75) is 75.1 Å². The largest absolute Gasteiger partial charge is 0.338 e. The van der Waals surface area contributed by atoms with Crippen LogP contribution in [0.1, 0.15) is 70.7 Å². The van der Waals surface area contributed by atoms with Gasteiger partial charge in [0.25, 0.3) is 10.0 Å². The van der Waals surface area contributed by atoms with Crippen LogP contribution in [0, 0.1) is 0 Å². The lowest BCUT2D eigenvalue weighted by atomic mass is 9.88. The summed E-state index contributed by atoms with van der Waals surface area (Å²) in [5, 5.41) is 8.86. The summed E-state index contributed by atoms with van der Waals surface area (Å²) in [5.41, 5.74) is 8.99. The van der Waals surface area contributed by atoms with Crippen molar-refractivity contribution in [2.75, 3.05) is 11.9 Å². The Kier molecular flexibility index (Phi) is 7.71. The average Bonchev–Trinajstić information content (AvgIpc) is 3.63. The molecule has 3 aromatic rings. The molecule has 0 aromatic heterocycles. The van der Waals surface area contributed by atoms with Crippen LogP contribution in [-0.4, -0.2) is 27.0 Å². The molecule has 3 aliphatic carbocycles. The minimum Gasteiger partial charge on any atom is -0.338 e. The van der Waals surface area contributed by atoms with Crippen molar-refractivity contribution < 1.29 is 18.0 Å². The van der Waals surface area contributed by atoms with E-state index in [9.17, 15) is 18.0 Å². The zero-order chi connectivity index (χ0) is 28.4. The van der Waals surface area contributed by atoms with E-state index in [4.69, 9.17) is 0 Å². The molecular formula is C32H36N4O4S. The second-order valence-electron chi connectivity index (χ2n) is 11.2. The molecule has 214 valence electrons. The van der Waals surface area contributed by atoms with E-state index in [2.05, 4.69) is 38.9 Å². The smallest absolute Gasteiger partial charge is 0.333 e. The van der Waals surface area contributed by atoms with Crippen LogP contribution in [-0.2, 0) is 48.5 Å². The summed E-state index contributed by atoms with van der Waals surface area (Å²) < 4.78 is 28.1. The molecule has 0 bridgehead atoms. The fourth-order valence-corrected chi connectivity index (χ4v) is 7.46. The van der Waals surface area contributed by atoms with Crippen molar-refractivity contribution in [1.29, 1.82) is 0 Å². The first-order valence-corrected chi connectivity index (χ1v) is 16.1. The van der Waals surface area contributed by atoms with Crippen LogP contribution in [0.3, 0.4) is 0 Å². The second-order valence-corrected chi connectivity index (χ2v) is 12.9. The summed E-state index contributed by atoms with van der Waals surface area (Å²) in [5.74, 6) is 0. The van der Waals surface area contributed by atoms with Gasteiger partial charge in [-0.2, -0.15) is 0 Å². The molecule has 0 fully saturated rings. The first kappa shape index (κ1) is 27.3. The number of carbonyl (C=O) groups is 2. The maximum Gasteiger partial charge on any atom is 0.333 e. The lowest BCUT2D eigenvalue weighted by Gasteiger charge is -2.26. The summed E-state index contributed by atoms with van der Waals surface area (Å²) in [7, 11) is -4.04. The molecule has 0 spiro atoms. The number of hydrogen-bond donors (Lipinski definition) is 4. The van der Waals surface area contributed by atoms with Crippen molar-refractivity contribution in [3.8, 4) is 0 Å². The van der Waals surface area contributed by atoms with Crippen molar-refractivity contribution in [3.05, 3.63) is 93.5 Å². The van der Waals surface area contributed by atoms with Crippen molar-refractivity contribution in [3.63, 3.8) is 0 Å². The van der Waals surface area contributed by atoms with E-state index in [0.29, 0.717) is 13.0 Å². The molecule has 0 saturated heterocycles. The molecular weight excluding hydrogens is 536 g/mol. The molecule has 0 saturated carbocycles. The predicted molar refractivity (Wildman–Crippen MR) is 159 cm³/mol. The maximum absolute atomic E-state index is 13.0. The van der Waals surface area contributed by atoms with Gasteiger partial charge >= 0.3 is 12.1 Å². The molecule has 41 heavy (non-hydrogen) atoms. The Labute approximate surface area is 241 Å². The summed E-state index contributed by atoms with van der Waals surface area (Å²) in [6.45, 7) is 0.415. The third kappa shape index (κ3) is 5.95. The summed E-state index contributed by atoms with van der Waals surface area (Å²) in [6, 6.07) is 16.0. The van der Waals surface area contributed by atoms with Gasteiger partial charge < -0.3 is 16.0 Å². The van der Waals surface area contributed by atoms with Crippen LogP contribution in [0.15, 0.2) is 59.5 Å². The van der Waals surface area contributed by atoms with Crippen LogP contribution in [0.25, 0.3) is 0 Å².